The van der Waals surface area contributed by atoms with Gasteiger partial charge in [-0.1, -0.05) is 75.4 Å². The Bertz CT molecular complexity index is 3150. The molecule has 8 rings (SSSR count). The molecule has 0 radical (unpaired) electrons. The van der Waals surface area contributed by atoms with Gasteiger partial charge in [0.05, 0.1) is 28.2 Å². The number of allylic oxidation sites excluding steroid dienone is 1. The van der Waals surface area contributed by atoms with E-state index in [4.69, 9.17) is 25.2 Å². The van der Waals surface area contributed by atoms with E-state index >= 15 is 0 Å². The number of hydrogen-bond donors (Lipinski definition) is 6. The monoisotopic (exact) mass is 1140 g/mol. The number of para-hydroxylation sites is 1. The molecule has 4 amide bonds. The number of carbonyl (C=O) groups is 5. The van der Waals surface area contributed by atoms with Crippen molar-refractivity contribution < 1.29 is 42.2 Å². The summed E-state index contributed by atoms with van der Waals surface area (Å²) in [5, 5.41) is 12.0. The maximum atomic E-state index is 13.7. The smallest absolute Gasteiger partial charge is 0.410 e. The summed E-state index contributed by atoms with van der Waals surface area (Å²) in [4.78, 5) is 82.4. The molecule has 21 heteroatoms. The van der Waals surface area contributed by atoms with Gasteiger partial charge >= 0.3 is 6.09 Å². The van der Waals surface area contributed by atoms with Gasteiger partial charge in [0.25, 0.3) is 5.91 Å². The third-order valence-corrected chi connectivity index (χ3v) is 17.1. The summed E-state index contributed by atoms with van der Waals surface area (Å²) in [6.07, 6.45) is 8.12. The maximum Gasteiger partial charge on any atom is 0.410 e. The largest absolute Gasteiger partial charge is 0.445 e. The third-order valence-electron chi connectivity index (χ3n) is 15.6. The average Bonchev–Trinajstić information content (AvgIpc) is 4.04. The van der Waals surface area contributed by atoms with Crippen LogP contribution in [-0.4, -0.2) is 124 Å². The van der Waals surface area contributed by atoms with Gasteiger partial charge in [0.1, 0.15) is 24.2 Å². The Morgan fingerprint density at radius 1 is 0.938 bits per heavy atom. The minimum Gasteiger partial charge on any atom is -0.445 e. The van der Waals surface area contributed by atoms with Crippen LogP contribution in [0.1, 0.15) is 123 Å². The number of nitrogens with one attached hydrogen (secondary N) is 4. The van der Waals surface area contributed by atoms with Gasteiger partial charge in [-0.25, -0.2) is 19.0 Å². The molecular formula is C60H76N10O9S2. The van der Waals surface area contributed by atoms with Crippen molar-refractivity contribution in [1.29, 1.82) is 0 Å². The molecule has 2 bridgehead atoms. The molecule has 3 aliphatic rings. The number of aldehydes is 1. The second-order valence-electron chi connectivity index (χ2n) is 23.3. The average molecular weight is 1150 g/mol. The van der Waals surface area contributed by atoms with E-state index in [1.807, 2.05) is 68.6 Å². The van der Waals surface area contributed by atoms with Crippen LogP contribution in [0.3, 0.4) is 0 Å². The first-order valence-electron chi connectivity index (χ1n) is 27.6. The fraction of sp³-hybridized carbons (Fsp3) is 0.467. The molecule has 19 nitrogen and oxygen atoms in total. The van der Waals surface area contributed by atoms with Crippen LogP contribution in [0.15, 0.2) is 90.1 Å². The molecule has 2 fully saturated rings. The summed E-state index contributed by atoms with van der Waals surface area (Å²) in [6, 6.07) is 23.4. The molecule has 5 aromatic rings. The van der Waals surface area contributed by atoms with Crippen LogP contribution in [0.25, 0.3) is 15.8 Å². The molecule has 81 heavy (non-hydrogen) atoms. The van der Waals surface area contributed by atoms with Crippen LogP contribution in [0.4, 0.5) is 21.4 Å². The van der Waals surface area contributed by atoms with E-state index in [1.54, 1.807) is 24.3 Å². The second kappa shape index (κ2) is 26.3. The van der Waals surface area contributed by atoms with Crippen molar-refractivity contribution in [2.24, 2.45) is 27.0 Å². The maximum absolute atomic E-state index is 13.7. The Morgan fingerprint density at radius 2 is 1.73 bits per heavy atom. The summed E-state index contributed by atoms with van der Waals surface area (Å²) < 4.78 is 35.3. The number of pyridine rings is 1. The van der Waals surface area contributed by atoms with Crippen molar-refractivity contribution in [3.63, 3.8) is 0 Å². The summed E-state index contributed by atoms with van der Waals surface area (Å²) in [6.45, 7) is 13.4. The quantitative estimate of drug-likeness (QED) is 0.0138. The first-order valence-corrected chi connectivity index (χ1v) is 29.6. The highest BCUT2D eigenvalue weighted by molar-refractivity contribution is 7.79. The number of thiazole rings is 1. The molecule has 5 atom stereocenters. The zero-order chi connectivity index (χ0) is 58.0. The fourth-order valence-electron chi connectivity index (χ4n) is 13.1. The fourth-order valence-corrected chi connectivity index (χ4v) is 14.3. The Balaban J connectivity index is 0.906. The van der Waals surface area contributed by atoms with Crippen LogP contribution >= 0.6 is 11.3 Å². The highest BCUT2D eigenvalue weighted by Gasteiger charge is 2.58. The highest BCUT2D eigenvalue weighted by atomic mass is 32.2. The zero-order valence-electron chi connectivity index (χ0n) is 47.2. The normalized spacial score (nSPS) is 21.3. The number of nitrogens with two attached hydrogens (primary N) is 1. The van der Waals surface area contributed by atoms with Gasteiger partial charge in [0.2, 0.25) is 12.3 Å². The van der Waals surface area contributed by atoms with Gasteiger partial charge in [-0.3, -0.25) is 29.5 Å². The van der Waals surface area contributed by atoms with Crippen molar-refractivity contribution in [3.05, 3.63) is 119 Å². The van der Waals surface area contributed by atoms with Crippen molar-refractivity contribution in [2.45, 2.75) is 111 Å². The Labute approximate surface area is 480 Å². The molecule has 3 heterocycles. The van der Waals surface area contributed by atoms with Crippen LogP contribution in [-0.2, 0) is 49.7 Å². The number of aliphatic imine (C=N–C) groups is 1. The molecular weight excluding hydrogens is 1070 g/mol. The van der Waals surface area contributed by atoms with Crippen LogP contribution in [0, 0.1) is 16.2 Å². The van der Waals surface area contributed by atoms with E-state index in [1.165, 1.54) is 22.4 Å². The van der Waals surface area contributed by atoms with Gasteiger partial charge in [-0.05, 0) is 147 Å². The standard InChI is InChI=1S/C60H76N10O9S2/c1-40(46(29-61)44-20-21-52(66-50(44)31-71)70-24-22-42-11-9-12-45(47(42)30-70)53(73)68-55-67-48-13-7-8-15-51(48)80-55)63-38-59(5)35-58(4)33-57(2,3)34-60(36-58,37-59)79-27-25-69(26-28-81(76)77)56(75)78-32-41-16-18-43(19-17-41)65-54(74)49(64-39-72)14-10-23-62-6/h7-9,11-13,15-21,29,31,39,49,62H,10,14,22-28,30,32-38,61H2,1-6H3,(H,64,72)(H,65,74)(H,76,77)(H,67,68,73). The van der Waals surface area contributed by atoms with Crippen LogP contribution in [0.2, 0.25) is 0 Å². The lowest BCUT2D eigenvalue weighted by Crippen LogP contribution is -2.57. The SMILES string of the molecule is CNCCCC(NC=O)C(=O)Nc1ccc(COC(=O)N(CCOC23CC(C)(C)CC(C)(CC(C)(CN=C(C)C(=CN)c4ccc(N5CCc6cccc(C(=O)Nc7nc8ccccc8s7)c6C5)nc4C=O)C2)C3)CCS(=O)O)cc1. The molecule has 0 spiro atoms. The number of amides is 4. The van der Waals surface area contributed by atoms with Gasteiger partial charge in [0, 0.05) is 67.0 Å². The number of hydrogen-bond acceptors (Lipinski definition) is 15. The summed E-state index contributed by atoms with van der Waals surface area (Å²) >= 11 is -0.726. The predicted octanol–water partition coefficient (Wildman–Crippen LogP) is 8.76. The number of aromatic nitrogens is 2. The number of benzene rings is 3. The molecule has 1 aliphatic heterocycles. The number of fused-ring (bicyclic) bond motifs is 4. The number of ether oxygens (including phenoxy) is 2. The summed E-state index contributed by atoms with van der Waals surface area (Å²) in [5.74, 6) is -0.141. The topological polar surface area (TPSA) is 260 Å². The van der Waals surface area contributed by atoms with E-state index < -0.39 is 28.8 Å². The molecule has 5 unspecified atom stereocenters. The van der Waals surface area contributed by atoms with E-state index in [0.717, 1.165) is 53.3 Å². The Morgan fingerprint density at radius 3 is 2.46 bits per heavy atom. The van der Waals surface area contributed by atoms with Crippen LogP contribution < -0.4 is 31.9 Å². The number of anilines is 3. The Hall–Kier alpha value is -6.91. The predicted molar refractivity (Wildman–Crippen MR) is 319 cm³/mol. The van der Waals surface area contributed by atoms with Gasteiger partial charge in [0.15, 0.2) is 22.5 Å². The van der Waals surface area contributed by atoms with Gasteiger partial charge in [-0.2, -0.15) is 0 Å². The number of carbonyl (C=O) groups excluding carboxylic acids is 5. The van der Waals surface area contributed by atoms with Crippen molar-refractivity contribution in [1.82, 2.24) is 25.5 Å². The van der Waals surface area contributed by atoms with Crippen molar-refractivity contribution >= 4 is 91.2 Å². The molecule has 2 saturated carbocycles. The lowest BCUT2D eigenvalue weighted by molar-refractivity contribution is -0.190. The number of nitrogens with zero attached hydrogens (tertiary/aromatic N) is 5. The lowest BCUT2D eigenvalue weighted by atomic mass is 9.48. The van der Waals surface area contributed by atoms with E-state index in [2.05, 4.69) is 58.8 Å². The lowest BCUT2D eigenvalue weighted by Gasteiger charge is -2.61. The molecule has 2 aliphatic carbocycles. The van der Waals surface area contributed by atoms with Crippen molar-refractivity contribution in [3.8, 4) is 0 Å². The molecule has 2 aromatic heterocycles. The number of rotatable bonds is 25. The molecule has 7 N–H and O–H groups in total. The third kappa shape index (κ3) is 15.4. The molecule has 0 saturated heterocycles. The van der Waals surface area contributed by atoms with E-state index in [0.29, 0.717) is 103 Å². The first-order chi connectivity index (χ1) is 38.7. The Kier molecular flexibility index (Phi) is 19.6. The molecule has 432 valence electrons. The van der Waals surface area contributed by atoms with Gasteiger partial charge in [-0.15, -0.1) is 0 Å². The van der Waals surface area contributed by atoms with Crippen molar-refractivity contribution in [2.75, 3.05) is 67.7 Å². The molecule has 3 aromatic carbocycles. The van der Waals surface area contributed by atoms with Gasteiger partial charge < -0.3 is 45.5 Å². The summed E-state index contributed by atoms with van der Waals surface area (Å²) in [5.41, 5.74) is 12.0. The van der Waals surface area contributed by atoms with E-state index in [-0.39, 0.29) is 65.8 Å². The highest BCUT2D eigenvalue weighted by Crippen LogP contribution is 2.63. The zero-order valence-corrected chi connectivity index (χ0v) is 48.8. The minimum atomic E-state index is -2.15. The first kappa shape index (κ1) is 60.2. The van der Waals surface area contributed by atoms with E-state index in [9.17, 15) is 32.7 Å². The summed E-state index contributed by atoms with van der Waals surface area (Å²) in [7, 11) is 1.82. The van der Waals surface area contributed by atoms with Crippen LogP contribution in [0.5, 0.6) is 0 Å². The second-order valence-corrected chi connectivity index (χ2v) is 25.4. The minimum absolute atomic E-state index is 0.0235.